The Morgan fingerprint density at radius 2 is 2.16 bits per heavy atom. The van der Waals surface area contributed by atoms with E-state index >= 15 is 0 Å². The first-order valence-electron chi connectivity index (χ1n) is 6.49. The Hall–Kier alpha value is -1.26. The number of nitrogens with zero attached hydrogens (tertiary/aromatic N) is 1. The molecule has 0 radical (unpaired) electrons. The molecule has 0 aliphatic rings. The van der Waals surface area contributed by atoms with Gasteiger partial charge in [0.2, 0.25) is 5.91 Å². The minimum atomic E-state index is -0.0610. The molecule has 4 nitrogen and oxygen atoms in total. The predicted molar refractivity (Wildman–Crippen MR) is 81.4 cm³/mol. The average Bonchev–Trinajstić information content (AvgIpc) is 2.31. The second-order valence-corrected chi connectivity index (χ2v) is 5.42. The zero-order valence-corrected chi connectivity index (χ0v) is 12.5. The van der Waals surface area contributed by atoms with Crippen LogP contribution in [0.15, 0.2) is 18.2 Å². The van der Waals surface area contributed by atoms with Crippen LogP contribution in [0, 0.1) is 5.92 Å². The van der Waals surface area contributed by atoms with E-state index in [9.17, 15) is 4.79 Å². The van der Waals surface area contributed by atoms with Gasteiger partial charge >= 0.3 is 0 Å². The van der Waals surface area contributed by atoms with Crippen molar-refractivity contribution in [3.8, 4) is 0 Å². The summed E-state index contributed by atoms with van der Waals surface area (Å²) in [6, 6.07) is 5.06. The number of nitrogen functional groups attached to an aromatic ring is 1. The highest BCUT2D eigenvalue weighted by molar-refractivity contribution is 6.34. The molecule has 0 atom stereocenters. The van der Waals surface area contributed by atoms with E-state index in [0.717, 1.165) is 13.1 Å². The van der Waals surface area contributed by atoms with Crippen LogP contribution in [0.5, 0.6) is 0 Å². The largest absolute Gasteiger partial charge is 0.399 e. The number of anilines is 2. The third-order valence-corrected chi connectivity index (χ3v) is 3.02. The van der Waals surface area contributed by atoms with Gasteiger partial charge in [-0.2, -0.15) is 0 Å². The summed E-state index contributed by atoms with van der Waals surface area (Å²) in [5.74, 6) is 0.474. The smallest absolute Gasteiger partial charge is 0.238 e. The summed E-state index contributed by atoms with van der Waals surface area (Å²) in [7, 11) is 0. The van der Waals surface area contributed by atoms with E-state index in [1.807, 2.05) is 6.92 Å². The van der Waals surface area contributed by atoms with Crippen molar-refractivity contribution in [2.45, 2.75) is 20.8 Å². The number of nitrogens with one attached hydrogen (secondary N) is 1. The fourth-order valence-corrected chi connectivity index (χ4v) is 2.08. The lowest BCUT2D eigenvalue weighted by Gasteiger charge is -2.21. The third kappa shape index (κ3) is 5.49. The summed E-state index contributed by atoms with van der Waals surface area (Å²) in [4.78, 5) is 14.1. The summed E-state index contributed by atoms with van der Waals surface area (Å²) >= 11 is 6.02. The highest BCUT2D eigenvalue weighted by Crippen LogP contribution is 2.23. The van der Waals surface area contributed by atoms with E-state index in [4.69, 9.17) is 17.3 Å². The molecule has 0 aromatic heterocycles. The van der Waals surface area contributed by atoms with Crippen molar-refractivity contribution in [3.63, 3.8) is 0 Å². The number of nitrogens with two attached hydrogens (primary N) is 1. The first-order valence-corrected chi connectivity index (χ1v) is 6.87. The summed E-state index contributed by atoms with van der Waals surface area (Å²) in [5, 5.41) is 3.27. The maximum Gasteiger partial charge on any atom is 0.238 e. The van der Waals surface area contributed by atoms with E-state index in [0.29, 0.717) is 28.9 Å². The Balaban J connectivity index is 2.59. The number of hydrogen-bond acceptors (Lipinski definition) is 3. The van der Waals surface area contributed by atoms with Crippen molar-refractivity contribution >= 4 is 28.9 Å². The second kappa shape index (κ2) is 7.36. The number of benzene rings is 1. The van der Waals surface area contributed by atoms with Crippen LogP contribution in [0.25, 0.3) is 0 Å². The van der Waals surface area contributed by atoms with Gasteiger partial charge < -0.3 is 11.1 Å². The summed E-state index contributed by atoms with van der Waals surface area (Å²) in [6.07, 6.45) is 0. The number of likely N-dealkylation sites (N-methyl/N-ethyl adjacent to an activating group) is 1. The molecule has 0 fully saturated rings. The van der Waals surface area contributed by atoms with Gasteiger partial charge in [-0.3, -0.25) is 9.69 Å². The molecule has 1 amide bonds. The Bertz CT molecular complexity index is 435. The molecule has 5 heteroatoms. The molecular formula is C14H22ClN3O. The number of amides is 1. The number of carbonyl (C=O) groups excluding carboxylic acids is 1. The van der Waals surface area contributed by atoms with Gasteiger partial charge in [-0.05, 0) is 30.7 Å². The van der Waals surface area contributed by atoms with Crippen LogP contribution < -0.4 is 11.1 Å². The van der Waals surface area contributed by atoms with Crippen molar-refractivity contribution in [1.29, 1.82) is 0 Å². The van der Waals surface area contributed by atoms with Gasteiger partial charge in [-0.25, -0.2) is 0 Å². The lowest BCUT2D eigenvalue weighted by atomic mass is 10.2. The molecule has 0 aliphatic heterocycles. The maximum absolute atomic E-state index is 12.0. The third-order valence-electron chi connectivity index (χ3n) is 2.71. The van der Waals surface area contributed by atoms with Gasteiger partial charge in [0, 0.05) is 12.2 Å². The summed E-state index contributed by atoms with van der Waals surface area (Å²) in [6.45, 7) is 8.44. The molecule has 0 aliphatic carbocycles. The normalized spacial score (nSPS) is 11.1. The molecule has 0 heterocycles. The van der Waals surface area contributed by atoms with Gasteiger partial charge in [0.1, 0.15) is 0 Å². The number of carbonyl (C=O) groups is 1. The van der Waals surface area contributed by atoms with Crippen molar-refractivity contribution in [2.75, 3.05) is 30.7 Å². The van der Waals surface area contributed by atoms with Gasteiger partial charge in [0.15, 0.2) is 0 Å². The van der Waals surface area contributed by atoms with Crippen LogP contribution in [0.4, 0.5) is 11.4 Å². The molecule has 106 valence electrons. The van der Waals surface area contributed by atoms with Crippen LogP contribution in [-0.4, -0.2) is 30.4 Å². The first kappa shape index (κ1) is 15.8. The lowest BCUT2D eigenvalue weighted by Crippen LogP contribution is -2.35. The lowest BCUT2D eigenvalue weighted by molar-refractivity contribution is -0.117. The zero-order valence-electron chi connectivity index (χ0n) is 11.7. The zero-order chi connectivity index (χ0) is 14.4. The van der Waals surface area contributed by atoms with Crippen LogP contribution in [0.3, 0.4) is 0 Å². The van der Waals surface area contributed by atoms with Gasteiger partial charge in [0.25, 0.3) is 0 Å². The molecule has 1 rings (SSSR count). The minimum absolute atomic E-state index is 0.0610. The maximum atomic E-state index is 12.0. The monoisotopic (exact) mass is 283 g/mol. The molecule has 0 bridgehead atoms. The first-order chi connectivity index (χ1) is 8.92. The SMILES string of the molecule is CCN(CC(=O)Nc1ccc(N)cc1Cl)CC(C)C. The molecular weight excluding hydrogens is 262 g/mol. The van der Waals surface area contributed by atoms with E-state index in [2.05, 4.69) is 24.1 Å². The molecule has 1 aromatic carbocycles. The van der Waals surface area contributed by atoms with Crippen LogP contribution >= 0.6 is 11.6 Å². The summed E-state index contributed by atoms with van der Waals surface area (Å²) in [5.41, 5.74) is 6.79. The Morgan fingerprint density at radius 1 is 1.47 bits per heavy atom. The molecule has 3 N–H and O–H groups in total. The van der Waals surface area contributed by atoms with Gasteiger partial charge in [-0.15, -0.1) is 0 Å². The second-order valence-electron chi connectivity index (χ2n) is 5.01. The van der Waals surface area contributed by atoms with Crippen LogP contribution in [0.1, 0.15) is 20.8 Å². The van der Waals surface area contributed by atoms with E-state index in [1.54, 1.807) is 18.2 Å². The van der Waals surface area contributed by atoms with Crippen LogP contribution in [-0.2, 0) is 4.79 Å². The van der Waals surface area contributed by atoms with Crippen molar-refractivity contribution in [1.82, 2.24) is 4.90 Å². The van der Waals surface area contributed by atoms with E-state index in [1.165, 1.54) is 0 Å². The fourth-order valence-electron chi connectivity index (χ4n) is 1.85. The number of rotatable bonds is 6. The van der Waals surface area contributed by atoms with E-state index in [-0.39, 0.29) is 5.91 Å². The highest BCUT2D eigenvalue weighted by atomic mass is 35.5. The van der Waals surface area contributed by atoms with Crippen molar-refractivity contribution in [2.24, 2.45) is 5.92 Å². The molecule has 0 unspecified atom stereocenters. The molecule has 0 saturated carbocycles. The molecule has 1 aromatic rings. The summed E-state index contributed by atoms with van der Waals surface area (Å²) < 4.78 is 0. The molecule has 0 spiro atoms. The number of halogens is 1. The van der Waals surface area contributed by atoms with Crippen molar-refractivity contribution in [3.05, 3.63) is 23.2 Å². The molecule has 19 heavy (non-hydrogen) atoms. The Labute approximate surface area is 119 Å². The quantitative estimate of drug-likeness (QED) is 0.789. The fraction of sp³-hybridized carbons (Fsp3) is 0.500. The molecule has 0 saturated heterocycles. The van der Waals surface area contributed by atoms with E-state index < -0.39 is 0 Å². The minimum Gasteiger partial charge on any atom is -0.399 e. The highest BCUT2D eigenvalue weighted by Gasteiger charge is 2.12. The van der Waals surface area contributed by atoms with Crippen LogP contribution in [0.2, 0.25) is 5.02 Å². The number of hydrogen-bond donors (Lipinski definition) is 2. The topological polar surface area (TPSA) is 58.4 Å². The standard InChI is InChI=1S/C14H22ClN3O/c1-4-18(8-10(2)3)9-14(19)17-13-6-5-11(16)7-12(13)15/h5-7,10H,4,8-9,16H2,1-3H3,(H,17,19). The van der Waals surface area contributed by atoms with Crippen molar-refractivity contribution < 1.29 is 4.79 Å². The van der Waals surface area contributed by atoms with Gasteiger partial charge in [-0.1, -0.05) is 32.4 Å². The predicted octanol–water partition coefficient (Wildman–Crippen LogP) is 2.84. The Morgan fingerprint density at radius 3 is 2.68 bits per heavy atom. The Kier molecular flexibility index (Phi) is 6.12. The average molecular weight is 284 g/mol. The van der Waals surface area contributed by atoms with Gasteiger partial charge in [0.05, 0.1) is 17.3 Å².